The Morgan fingerprint density at radius 3 is 2.00 bits per heavy atom. The van der Waals surface area contributed by atoms with E-state index < -0.39 is 0 Å². The predicted octanol–water partition coefficient (Wildman–Crippen LogP) is 4.67. The summed E-state index contributed by atoms with van der Waals surface area (Å²) in [5, 5.41) is 0. The molecule has 0 aromatic heterocycles. The third kappa shape index (κ3) is 3.05. The van der Waals surface area contributed by atoms with Crippen molar-refractivity contribution >= 4 is 0 Å². The maximum absolute atomic E-state index is 6.05. The molecule has 0 heterocycles. The number of hydrogen-bond donors (Lipinski definition) is 1. The minimum atomic E-state index is 0.0542. The molecular weight excluding hydrogens is 230 g/mol. The first-order valence-electron chi connectivity index (χ1n) is 6.85. The summed E-state index contributed by atoms with van der Waals surface area (Å²) < 4.78 is 0. The summed E-state index contributed by atoms with van der Waals surface area (Å²) in [5.41, 5.74) is 11.3. The molecule has 2 N–H and O–H groups in total. The quantitative estimate of drug-likeness (QED) is 0.827. The first kappa shape index (κ1) is 13.8. The van der Waals surface area contributed by atoms with E-state index in [-0.39, 0.29) is 11.5 Å². The zero-order valence-corrected chi connectivity index (χ0v) is 12.3. The fourth-order valence-electron chi connectivity index (χ4n) is 2.31. The van der Waals surface area contributed by atoms with Crippen molar-refractivity contribution < 1.29 is 0 Å². The summed E-state index contributed by atoms with van der Waals surface area (Å²) in [6.07, 6.45) is 0. The van der Waals surface area contributed by atoms with Gasteiger partial charge in [0.15, 0.2) is 0 Å². The molecule has 0 radical (unpaired) electrons. The zero-order valence-electron chi connectivity index (χ0n) is 12.3. The van der Waals surface area contributed by atoms with Gasteiger partial charge in [-0.1, -0.05) is 69.3 Å². The summed E-state index contributed by atoms with van der Waals surface area (Å²) in [6.45, 7) is 8.73. The van der Waals surface area contributed by atoms with Gasteiger partial charge in [0.2, 0.25) is 0 Å². The van der Waals surface area contributed by atoms with Crippen LogP contribution in [0.2, 0.25) is 0 Å². The molecule has 1 nitrogen and oxygen atoms in total. The van der Waals surface area contributed by atoms with E-state index in [2.05, 4.69) is 63.2 Å². The molecular formula is C18H23N. The maximum atomic E-state index is 6.05. The van der Waals surface area contributed by atoms with Gasteiger partial charge < -0.3 is 5.73 Å². The van der Waals surface area contributed by atoms with Crippen LogP contribution in [0.15, 0.2) is 48.5 Å². The fourth-order valence-corrected chi connectivity index (χ4v) is 2.31. The lowest BCUT2D eigenvalue weighted by atomic mass is 9.85. The fraction of sp³-hybridized carbons (Fsp3) is 0.333. The molecule has 0 saturated carbocycles. The average Bonchev–Trinajstić information content (AvgIpc) is 2.38. The lowest BCUT2D eigenvalue weighted by Crippen LogP contribution is -2.10. The zero-order chi connectivity index (χ0) is 14.0. The van der Waals surface area contributed by atoms with E-state index in [4.69, 9.17) is 5.73 Å². The van der Waals surface area contributed by atoms with Gasteiger partial charge in [-0.05, 0) is 34.6 Å². The first-order valence-corrected chi connectivity index (χ1v) is 6.85. The molecule has 19 heavy (non-hydrogen) atoms. The predicted molar refractivity (Wildman–Crippen MR) is 83.2 cm³/mol. The van der Waals surface area contributed by atoms with Gasteiger partial charge in [-0.2, -0.15) is 0 Å². The summed E-state index contributed by atoms with van der Waals surface area (Å²) in [4.78, 5) is 0. The molecule has 0 spiro atoms. The van der Waals surface area contributed by atoms with Crippen molar-refractivity contribution in [3.8, 4) is 11.1 Å². The van der Waals surface area contributed by atoms with Crippen LogP contribution in [0.3, 0.4) is 0 Å². The van der Waals surface area contributed by atoms with Crippen LogP contribution < -0.4 is 5.73 Å². The van der Waals surface area contributed by atoms with Gasteiger partial charge in [-0.3, -0.25) is 0 Å². The SMILES string of the molecule is CC(N)c1ccccc1-c1ccc(C(C)(C)C)cc1. The molecule has 0 bridgehead atoms. The van der Waals surface area contributed by atoms with Crippen LogP contribution in [0.5, 0.6) is 0 Å². The Balaban J connectivity index is 2.43. The highest BCUT2D eigenvalue weighted by atomic mass is 14.6. The van der Waals surface area contributed by atoms with Gasteiger partial charge in [-0.15, -0.1) is 0 Å². The van der Waals surface area contributed by atoms with Crippen molar-refractivity contribution in [1.29, 1.82) is 0 Å². The summed E-state index contributed by atoms with van der Waals surface area (Å²) in [5.74, 6) is 0. The second-order valence-electron chi connectivity index (χ2n) is 6.20. The lowest BCUT2D eigenvalue weighted by molar-refractivity contribution is 0.590. The second-order valence-corrected chi connectivity index (χ2v) is 6.20. The smallest absolute Gasteiger partial charge is 0.0272 e. The van der Waals surface area contributed by atoms with E-state index in [0.717, 1.165) is 0 Å². The topological polar surface area (TPSA) is 26.0 Å². The third-order valence-electron chi connectivity index (χ3n) is 3.51. The molecule has 2 aromatic carbocycles. The number of benzene rings is 2. The Hall–Kier alpha value is -1.60. The minimum absolute atomic E-state index is 0.0542. The highest BCUT2D eigenvalue weighted by Gasteiger charge is 2.14. The molecule has 1 atom stereocenters. The van der Waals surface area contributed by atoms with Crippen LogP contribution in [0.4, 0.5) is 0 Å². The van der Waals surface area contributed by atoms with Crippen LogP contribution >= 0.6 is 0 Å². The van der Waals surface area contributed by atoms with E-state index in [0.29, 0.717) is 0 Å². The van der Waals surface area contributed by atoms with E-state index in [9.17, 15) is 0 Å². The maximum Gasteiger partial charge on any atom is 0.0272 e. The molecule has 0 aliphatic heterocycles. The van der Waals surface area contributed by atoms with Gasteiger partial charge in [0.1, 0.15) is 0 Å². The third-order valence-corrected chi connectivity index (χ3v) is 3.51. The van der Waals surface area contributed by atoms with Crippen molar-refractivity contribution in [3.63, 3.8) is 0 Å². The van der Waals surface area contributed by atoms with Crippen molar-refractivity contribution in [2.45, 2.75) is 39.2 Å². The summed E-state index contributed by atoms with van der Waals surface area (Å²) in [6, 6.07) is 17.2. The molecule has 0 saturated heterocycles. The Kier molecular flexibility index (Phi) is 3.77. The number of nitrogens with two attached hydrogens (primary N) is 1. The van der Waals surface area contributed by atoms with Gasteiger partial charge >= 0.3 is 0 Å². The van der Waals surface area contributed by atoms with Crippen molar-refractivity contribution in [1.82, 2.24) is 0 Å². The van der Waals surface area contributed by atoms with Crippen LogP contribution in [0, 0.1) is 0 Å². The van der Waals surface area contributed by atoms with Crippen LogP contribution in [0.25, 0.3) is 11.1 Å². The monoisotopic (exact) mass is 253 g/mol. The van der Waals surface area contributed by atoms with Gasteiger partial charge in [0.05, 0.1) is 0 Å². The molecule has 0 aliphatic carbocycles. The summed E-state index contributed by atoms with van der Waals surface area (Å²) in [7, 11) is 0. The number of rotatable bonds is 2. The van der Waals surface area contributed by atoms with Crippen molar-refractivity contribution in [3.05, 3.63) is 59.7 Å². The van der Waals surface area contributed by atoms with Crippen LogP contribution in [-0.2, 0) is 5.41 Å². The molecule has 100 valence electrons. The molecule has 2 aromatic rings. The molecule has 0 fully saturated rings. The normalized spacial score (nSPS) is 13.3. The highest BCUT2D eigenvalue weighted by molar-refractivity contribution is 5.68. The van der Waals surface area contributed by atoms with Crippen LogP contribution in [0.1, 0.15) is 44.9 Å². The van der Waals surface area contributed by atoms with Crippen molar-refractivity contribution in [2.75, 3.05) is 0 Å². The minimum Gasteiger partial charge on any atom is -0.324 e. The molecule has 0 aliphatic rings. The Morgan fingerprint density at radius 2 is 1.47 bits per heavy atom. The molecule has 0 amide bonds. The van der Waals surface area contributed by atoms with Gasteiger partial charge in [0.25, 0.3) is 0 Å². The van der Waals surface area contributed by atoms with E-state index in [1.807, 2.05) is 13.0 Å². The van der Waals surface area contributed by atoms with E-state index in [1.165, 1.54) is 22.3 Å². The average molecular weight is 253 g/mol. The molecule has 2 rings (SSSR count). The molecule has 1 heteroatoms. The molecule has 1 unspecified atom stereocenters. The van der Waals surface area contributed by atoms with E-state index in [1.54, 1.807) is 0 Å². The second kappa shape index (κ2) is 5.18. The Bertz CT molecular complexity index is 545. The van der Waals surface area contributed by atoms with E-state index >= 15 is 0 Å². The van der Waals surface area contributed by atoms with Gasteiger partial charge in [-0.25, -0.2) is 0 Å². The largest absolute Gasteiger partial charge is 0.324 e. The lowest BCUT2D eigenvalue weighted by Gasteiger charge is -2.20. The Labute approximate surface area is 116 Å². The van der Waals surface area contributed by atoms with Gasteiger partial charge in [0, 0.05) is 6.04 Å². The number of hydrogen-bond acceptors (Lipinski definition) is 1. The first-order chi connectivity index (χ1) is 8.89. The van der Waals surface area contributed by atoms with Crippen LogP contribution in [-0.4, -0.2) is 0 Å². The van der Waals surface area contributed by atoms with Crippen molar-refractivity contribution in [2.24, 2.45) is 5.73 Å². The summed E-state index contributed by atoms with van der Waals surface area (Å²) >= 11 is 0. The Morgan fingerprint density at radius 1 is 0.895 bits per heavy atom. The highest BCUT2D eigenvalue weighted by Crippen LogP contribution is 2.29. The standard InChI is InChI=1S/C18H23N/c1-13(19)16-7-5-6-8-17(16)14-9-11-15(12-10-14)18(2,3)4/h5-13H,19H2,1-4H3.